The highest BCUT2D eigenvalue weighted by Crippen LogP contribution is 2.51. The van der Waals surface area contributed by atoms with E-state index in [2.05, 4.69) is 17.4 Å². The maximum Gasteiger partial charge on any atom is 0.237 e. The third-order valence-electron chi connectivity index (χ3n) is 3.49. The second-order valence-corrected chi connectivity index (χ2v) is 7.13. The van der Waals surface area contributed by atoms with Crippen LogP contribution in [0.25, 0.3) is 0 Å². The van der Waals surface area contributed by atoms with Gasteiger partial charge in [0.1, 0.15) is 0 Å². The number of carbonyl (C=O) groups excluding carboxylic acids is 1. The van der Waals surface area contributed by atoms with Crippen molar-refractivity contribution in [2.75, 3.05) is 6.54 Å². The number of thioether (sulfide) groups is 1. The van der Waals surface area contributed by atoms with Gasteiger partial charge in [0, 0.05) is 16.2 Å². The van der Waals surface area contributed by atoms with Crippen molar-refractivity contribution in [3.63, 3.8) is 0 Å². The zero-order valence-corrected chi connectivity index (χ0v) is 12.4. The summed E-state index contributed by atoms with van der Waals surface area (Å²) in [5.74, 6) is 0.145. The Morgan fingerprint density at radius 2 is 2.00 bits per heavy atom. The van der Waals surface area contributed by atoms with Gasteiger partial charge in [0.25, 0.3) is 0 Å². The van der Waals surface area contributed by atoms with Crippen LogP contribution in [0.1, 0.15) is 26.7 Å². The Balaban J connectivity index is 1.84. The van der Waals surface area contributed by atoms with Crippen LogP contribution in [0.5, 0.6) is 0 Å². The first-order valence-corrected chi connectivity index (χ1v) is 7.61. The minimum absolute atomic E-state index is 0.0325. The van der Waals surface area contributed by atoms with Crippen LogP contribution in [0.15, 0.2) is 35.2 Å². The standard InChI is InChI=1S/C15H22N2OS/c1-11(2)13(16)14(18)17-10-15(8-9-15)19-12-6-4-3-5-7-12/h3-7,11,13H,8-10,16H2,1-2H3,(H,17,18)/t13-/m0/s1. The first kappa shape index (κ1) is 14.4. The van der Waals surface area contributed by atoms with Crippen molar-refractivity contribution in [2.45, 2.75) is 42.4 Å². The molecule has 1 atom stereocenters. The number of hydrogen-bond donors (Lipinski definition) is 2. The van der Waals surface area contributed by atoms with Gasteiger partial charge in [-0.2, -0.15) is 0 Å². The molecular formula is C15H22N2OS. The lowest BCUT2D eigenvalue weighted by Crippen LogP contribution is -2.46. The molecular weight excluding hydrogens is 256 g/mol. The maximum atomic E-state index is 11.9. The predicted molar refractivity (Wildman–Crippen MR) is 80.1 cm³/mol. The molecule has 3 N–H and O–H groups in total. The molecule has 0 unspecified atom stereocenters. The number of rotatable bonds is 6. The summed E-state index contributed by atoms with van der Waals surface area (Å²) >= 11 is 1.86. The monoisotopic (exact) mass is 278 g/mol. The van der Waals surface area contributed by atoms with Gasteiger partial charge in [-0.3, -0.25) is 4.79 Å². The van der Waals surface area contributed by atoms with E-state index in [1.54, 1.807) is 0 Å². The van der Waals surface area contributed by atoms with Crippen LogP contribution in [0.2, 0.25) is 0 Å². The fourth-order valence-electron chi connectivity index (χ4n) is 1.86. The Morgan fingerprint density at radius 3 is 2.53 bits per heavy atom. The highest BCUT2D eigenvalue weighted by molar-refractivity contribution is 8.01. The van der Waals surface area contributed by atoms with Crippen molar-refractivity contribution < 1.29 is 4.79 Å². The molecule has 3 nitrogen and oxygen atoms in total. The van der Waals surface area contributed by atoms with E-state index in [-0.39, 0.29) is 16.6 Å². The quantitative estimate of drug-likeness (QED) is 0.840. The third-order valence-corrected chi connectivity index (χ3v) is 4.98. The Kier molecular flexibility index (Phi) is 4.53. The van der Waals surface area contributed by atoms with Crippen LogP contribution in [-0.4, -0.2) is 23.2 Å². The lowest BCUT2D eigenvalue weighted by atomic mass is 10.1. The topological polar surface area (TPSA) is 55.1 Å². The number of amides is 1. The minimum atomic E-state index is -0.405. The van der Waals surface area contributed by atoms with E-state index in [4.69, 9.17) is 5.73 Å². The van der Waals surface area contributed by atoms with E-state index in [9.17, 15) is 4.79 Å². The molecule has 1 aliphatic rings. The van der Waals surface area contributed by atoms with Crippen molar-refractivity contribution in [2.24, 2.45) is 11.7 Å². The van der Waals surface area contributed by atoms with Crippen LogP contribution < -0.4 is 11.1 Å². The molecule has 0 spiro atoms. The molecule has 1 aromatic carbocycles. The van der Waals surface area contributed by atoms with Crippen LogP contribution in [0.3, 0.4) is 0 Å². The first-order chi connectivity index (χ1) is 9.02. The molecule has 2 rings (SSSR count). The first-order valence-electron chi connectivity index (χ1n) is 6.80. The Morgan fingerprint density at radius 1 is 1.37 bits per heavy atom. The number of nitrogens with two attached hydrogens (primary N) is 1. The molecule has 0 aliphatic heterocycles. The lowest BCUT2D eigenvalue weighted by molar-refractivity contribution is -0.123. The molecule has 1 aliphatic carbocycles. The summed E-state index contributed by atoms with van der Waals surface area (Å²) in [5, 5.41) is 3.00. The molecule has 1 fully saturated rings. The second kappa shape index (κ2) is 5.97. The summed E-state index contributed by atoms with van der Waals surface area (Å²) in [7, 11) is 0. The van der Waals surface area contributed by atoms with E-state index in [1.807, 2.05) is 43.8 Å². The fraction of sp³-hybridized carbons (Fsp3) is 0.533. The van der Waals surface area contributed by atoms with Gasteiger partial charge in [-0.15, -0.1) is 11.8 Å². The molecule has 0 heterocycles. The van der Waals surface area contributed by atoms with E-state index in [1.165, 1.54) is 4.90 Å². The molecule has 0 aromatic heterocycles. The Hall–Kier alpha value is -1.00. The van der Waals surface area contributed by atoms with Crippen molar-refractivity contribution in [3.05, 3.63) is 30.3 Å². The second-order valence-electron chi connectivity index (χ2n) is 5.59. The number of benzene rings is 1. The van der Waals surface area contributed by atoms with Crippen LogP contribution in [0, 0.1) is 5.92 Å². The van der Waals surface area contributed by atoms with Crippen LogP contribution in [0.4, 0.5) is 0 Å². The SMILES string of the molecule is CC(C)[C@H](N)C(=O)NCC1(Sc2ccccc2)CC1. The smallest absolute Gasteiger partial charge is 0.237 e. The highest BCUT2D eigenvalue weighted by atomic mass is 32.2. The summed E-state index contributed by atoms with van der Waals surface area (Å²) < 4.78 is 0.188. The average Bonchev–Trinajstić information content (AvgIpc) is 3.16. The van der Waals surface area contributed by atoms with Crippen molar-refractivity contribution in [1.29, 1.82) is 0 Å². The summed E-state index contributed by atoms with van der Waals surface area (Å²) in [6.45, 7) is 4.65. The Bertz CT molecular complexity index is 429. The van der Waals surface area contributed by atoms with Gasteiger partial charge in [-0.25, -0.2) is 0 Å². The zero-order valence-electron chi connectivity index (χ0n) is 11.6. The molecule has 1 amide bonds. The van der Waals surface area contributed by atoms with E-state index in [0.717, 1.165) is 12.8 Å². The van der Waals surface area contributed by atoms with Gasteiger partial charge in [0.05, 0.1) is 6.04 Å². The average molecular weight is 278 g/mol. The largest absolute Gasteiger partial charge is 0.353 e. The summed E-state index contributed by atoms with van der Waals surface area (Å²) in [6.07, 6.45) is 2.31. The molecule has 0 saturated heterocycles. The van der Waals surface area contributed by atoms with Gasteiger partial charge in [0.15, 0.2) is 0 Å². The number of nitrogens with one attached hydrogen (secondary N) is 1. The summed E-state index contributed by atoms with van der Waals surface area (Å²) in [4.78, 5) is 13.1. The van der Waals surface area contributed by atoms with Crippen LogP contribution in [-0.2, 0) is 4.79 Å². The molecule has 1 aromatic rings. The number of hydrogen-bond acceptors (Lipinski definition) is 3. The third kappa shape index (κ3) is 3.98. The van der Waals surface area contributed by atoms with Gasteiger partial charge in [0.2, 0.25) is 5.91 Å². The lowest BCUT2D eigenvalue weighted by Gasteiger charge is -2.19. The van der Waals surface area contributed by atoms with E-state index >= 15 is 0 Å². The molecule has 0 radical (unpaired) electrons. The minimum Gasteiger partial charge on any atom is -0.353 e. The van der Waals surface area contributed by atoms with Gasteiger partial charge < -0.3 is 11.1 Å². The maximum absolute atomic E-state index is 11.9. The van der Waals surface area contributed by atoms with E-state index < -0.39 is 6.04 Å². The molecule has 19 heavy (non-hydrogen) atoms. The normalized spacial score (nSPS) is 18.1. The number of carbonyl (C=O) groups is 1. The molecule has 104 valence electrons. The highest BCUT2D eigenvalue weighted by Gasteiger charge is 2.44. The predicted octanol–water partition coefficient (Wildman–Crippen LogP) is 2.41. The van der Waals surface area contributed by atoms with E-state index in [0.29, 0.717) is 6.54 Å². The Labute approximate surface area is 119 Å². The zero-order chi connectivity index (χ0) is 13.9. The van der Waals surface area contributed by atoms with Crippen molar-refractivity contribution >= 4 is 17.7 Å². The summed E-state index contributed by atoms with van der Waals surface area (Å²) in [6, 6.07) is 9.95. The molecule has 0 bridgehead atoms. The van der Waals surface area contributed by atoms with Crippen LogP contribution >= 0.6 is 11.8 Å². The molecule has 1 saturated carbocycles. The van der Waals surface area contributed by atoms with Crippen molar-refractivity contribution in [3.8, 4) is 0 Å². The van der Waals surface area contributed by atoms with Gasteiger partial charge in [-0.05, 0) is 30.9 Å². The van der Waals surface area contributed by atoms with Crippen molar-refractivity contribution in [1.82, 2.24) is 5.32 Å². The molecule has 4 heteroatoms. The van der Waals surface area contributed by atoms with Gasteiger partial charge in [-0.1, -0.05) is 32.0 Å². The fourth-order valence-corrected chi connectivity index (χ4v) is 3.11. The van der Waals surface area contributed by atoms with Gasteiger partial charge >= 0.3 is 0 Å². The summed E-state index contributed by atoms with van der Waals surface area (Å²) in [5.41, 5.74) is 5.84.